The quantitative estimate of drug-likeness (QED) is 0.919. The monoisotopic (exact) mass is 315 g/mol. The first kappa shape index (κ1) is 15.0. The Balaban J connectivity index is 1.89. The van der Waals surface area contributed by atoms with E-state index in [4.69, 9.17) is 9.73 Å². The van der Waals surface area contributed by atoms with Gasteiger partial charge in [0.1, 0.15) is 11.5 Å². The van der Waals surface area contributed by atoms with Gasteiger partial charge in [0, 0.05) is 17.3 Å². The van der Waals surface area contributed by atoms with Crippen molar-refractivity contribution in [3.05, 3.63) is 47.2 Å². The van der Waals surface area contributed by atoms with Crippen molar-refractivity contribution in [3.8, 4) is 0 Å². The second-order valence-corrected chi connectivity index (χ2v) is 6.91. The maximum atomic E-state index is 5.35. The molecule has 5 heteroatoms. The van der Waals surface area contributed by atoms with E-state index in [1.54, 1.807) is 18.4 Å². The zero-order chi connectivity index (χ0) is 15.7. The first-order valence-electron chi connectivity index (χ1n) is 7.46. The Bertz CT molecular complexity index is 684. The van der Waals surface area contributed by atoms with Crippen molar-refractivity contribution in [3.63, 3.8) is 0 Å². The first-order chi connectivity index (χ1) is 10.5. The van der Waals surface area contributed by atoms with Gasteiger partial charge in [-0.15, -0.1) is 11.3 Å². The van der Waals surface area contributed by atoms with Crippen LogP contribution in [0, 0.1) is 5.92 Å². The number of fused-ring (bicyclic) bond motifs is 1. The second kappa shape index (κ2) is 5.72. The van der Waals surface area contributed by atoms with E-state index in [2.05, 4.69) is 60.8 Å². The Labute approximate surface area is 135 Å². The zero-order valence-electron chi connectivity index (χ0n) is 13.3. The molecule has 1 aliphatic carbocycles. The van der Waals surface area contributed by atoms with E-state index in [1.165, 1.54) is 0 Å². The lowest BCUT2D eigenvalue weighted by Crippen LogP contribution is -2.34. The minimum Gasteiger partial charge on any atom is -0.497 e. The molecule has 0 saturated heterocycles. The molecule has 1 N–H and O–H groups in total. The van der Waals surface area contributed by atoms with Crippen LogP contribution in [-0.2, 0) is 4.74 Å². The first-order valence-corrected chi connectivity index (χ1v) is 8.34. The lowest BCUT2D eigenvalue weighted by Gasteiger charge is -2.33. The molecular formula is C17H21N3OS. The average Bonchev–Trinajstić information content (AvgIpc) is 2.93. The van der Waals surface area contributed by atoms with Gasteiger partial charge in [0.15, 0.2) is 5.13 Å². The summed E-state index contributed by atoms with van der Waals surface area (Å²) in [5.41, 5.74) is 1.54. The summed E-state index contributed by atoms with van der Waals surface area (Å²) in [7, 11) is 1.69. The lowest BCUT2D eigenvalue weighted by molar-refractivity contribution is 0.293. The number of dihydropyridines is 1. The fourth-order valence-corrected chi connectivity index (χ4v) is 3.51. The van der Waals surface area contributed by atoms with Crippen LogP contribution in [-0.4, -0.2) is 29.4 Å². The normalized spacial score (nSPS) is 26.5. The van der Waals surface area contributed by atoms with Gasteiger partial charge >= 0.3 is 0 Å². The van der Waals surface area contributed by atoms with E-state index in [0.717, 1.165) is 22.3 Å². The van der Waals surface area contributed by atoms with Gasteiger partial charge in [-0.3, -0.25) is 4.99 Å². The molecule has 4 nitrogen and oxygen atoms in total. The number of ether oxygens (including phenoxy) is 1. The van der Waals surface area contributed by atoms with Crippen LogP contribution >= 0.6 is 11.3 Å². The molecule has 2 aliphatic rings. The van der Waals surface area contributed by atoms with Crippen LogP contribution in [0.1, 0.15) is 26.5 Å². The Kier molecular flexibility index (Phi) is 3.91. The SMILES string of the molecule is COC1=CC2(C)N=C(c3csc(NC(C)C)n3)C=CC2C=C1. The van der Waals surface area contributed by atoms with Gasteiger partial charge < -0.3 is 10.1 Å². The van der Waals surface area contributed by atoms with E-state index < -0.39 is 0 Å². The van der Waals surface area contributed by atoms with Crippen molar-refractivity contribution in [1.82, 2.24) is 4.98 Å². The number of hydrogen-bond acceptors (Lipinski definition) is 5. The summed E-state index contributed by atoms with van der Waals surface area (Å²) in [5, 5.41) is 6.32. The number of rotatable bonds is 4. The molecule has 3 rings (SSSR count). The molecule has 2 heterocycles. The molecule has 0 radical (unpaired) electrons. The summed E-state index contributed by atoms with van der Waals surface area (Å²) in [6, 6.07) is 0.375. The van der Waals surface area contributed by atoms with Crippen LogP contribution in [0.25, 0.3) is 0 Å². The number of aliphatic imine (C=N–C) groups is 1. The number of aromatic nitrogens is 1. The zero-order valence-corrected chi connectivity index (χ0v) is 14.1. The van der Waals surface area contributed by atoms with E-state index in [1.807, 2.05) is 6.08 Å². The fourth-order valence-electron chi connectivity index (χ4n) is 2.66. The van der Waals surface area contributed by atoms with Crippen LogP contribution in [0.2, 0.25) is 0 Å². The summed E-state index contributed by atoms with van der Waals surface area (Å²) >= 11 is 1.61. The molecule has 0 aromatic carbocycles. The molecule has 0 bridgehead atoms. The third kappa shape index (κ3) is 2.86. The molecule has 1 aromatic heterocycles. The Morgan fingerprint density at radius 2 is 2.09 bits per heavy atom. The summed E-state index contributed by atoms with van der Waals surface area (Å²) < 4.78 is 5.35. The summed E-state index contributed by atoms with van der Waals surface area (Å²) in [6.45, 7) is 6.34. The maximum Gasteiger partial charge on any atom is 0.183 e. The van der Waals surface area contributed by atoms with Gasteiger partial charge in [-0.05, 0) is 39.0 Å². The van der Waals surface area contributed by atoms with Crippen LogP contribution in [0.15, 0.2) is 46.5 Å². The Morgan fingerprint density at radius 1 is 1.32 bits per heavy atom. The molecule has 116 valence electrons. The van der Waals surface area contributed by atoms with Crippen molar-refractivity contribution >= 4 is 22.2 Å². The van der Waals surface area contributed by atoms with E-state index in [9.17, 15) is 0 Å². The van der Waals surface area contributed by atoms with Crippen LogP contribution in [0.3, 0.4) is 0 Å². The molecule has 22 heavy (non-hydrogen) atoms. The molecule has 2 unspecified atom stereocenters. The smallest absolute Gasteiger partial charge is 0.183 e. The highest BCUT2D eigenvalue weighted by Gasteiger charge is 2.34. The average molecular weight is 315 g/mol. The minimum atomic E-state index is -0.306. The number of nitrogens with one attached hydrogen (secondary N) is 1. The Hall–Kier alpha value is -1.88. The minimum absolute atomic E-state index is 0.266. The highest BCUT2D eigenvalue weighted by atomic mass is 32.1. The predicted octanol–water partition coefficient (Wildman–Crippen LogP) is 3.80. The highest BCUT2D eigenvalue weighted by molar-refractivity contribution is 7.13. The van der Waals surface area contributed by atoms with E-state index in [-0.39, 0.29) is 11.5 Å². The predicted molar refractivity (Wildman–Crippen MR) is 92.7 cm³/mol. The van der Waals surface area contributed by atoms with Crippen molar-refractivity contribution in [2.45, 2.75) is 32.4 Å². The molecule has 1 aromatic rings. The second-order valence-electron chi connectivity index (χ2n) is 6.05. The van der Waals surface area contributed by atoms with Crippen LogP contribution < -0.4 is 5.32 Å². The summed E-state index contributed by atoms with van der Waals surface area (Å²) in [6.07, 6.45) is 10.5. The van der Waals surface area contributed by atoms with E-state index in [0.29, 0.717) is 6.04 Å². The number of hydrogen-bond donors (Lipinski definition) is 1. The summed E-state index contributed by atoms with van der Waals surface area (Å²) in [4.78, 5) is 9.57. The van der Waals surface area contributed by atoms with Gasteiger partial charge in [-0.1, -0.05) is 12.2 Å². The summed E-state index contributed by atoms with van der Waals surface area (Å²) in [5.74, 6) is 1.12. The molecular weight excluding hydrogens is 294 g/mol. The maximum absolute atomic E-state index is 5.35. The van der Waals surface area contributed by atoms with Crippen LogP contribution in [0.5, 0.6) is 0 Å². The van der Waals surface area contributed by atoms with Crippen molar-refractivity contribution in [2.24, 2.45) is 10.9 Å². The molecule has 0 amide bonds. The largest absolute Gasteiger partial charge is 0.497 e. The molecule has 0 spiro atoms. The number of nitrogens with zero attached hydrogens (tertiary/aromatic N) is 2. The number of anilines is 1. The lowest BCUT2D eigenvalue weighted by atomic mass is 9.80. The molecule has 0 fully saturated rings. The van der Waals surface area contributed by atoms with Gasteiger partial charge in [0.25, 0.3) is 0 Å². The Morgan fingerprint density at radius 3 is 2.82 bits per heavy atom. The third-order valence-corrected chi connectivity index (χ3v) is 4.59. The molecule has 0 saturated carbocycles. The van der Waals surface area contributed by atoms with E-state index >= 15 is 0 Å². The van der Waals surface area contributed by atoms with Gasteiger partial charge in [0.05, 0.1) is 18.4 Å². The van der Waals surface area contributed by atoms with Gasteiger partial charge in [-0.2, -0.15) is 0 Å². The number of thiazole rings is 1. The van der Waals surface area contributed by atoms with Gasteiger partial charge in [-0.25, -0.2) is 4.98 Å². The fraction of sp³-hybridized carbons (Fsp3) is 0.412. The third-order valence-electron chi connectivity index (χ3n) is 3.81. The van der Waals surface area contributed by atoms with Crippen LogP contribution in [0.4, 0.5) is 5.13 Å². The number of methoxy groups -OCH3 is 1. The topological polar surface area (TPSA) is 46.5 Å². The highest BCUT2D eigenvalue weighted by Crippen LogP contribution is 2.35. The van der Waals surface area contributed by atoms with Crippen molar-refractivity contribution in [1.29, 1.82) is 0 Å². The standard InChI is InChI=1S/C17H21N3OS/c1-11(2)18-16-19-15(10-22-16)14-8-6-12-5-7-13(21-4)9-17(12,3)20-14/h5-12H,1-4H3,(H,18,19). The van der Waals surface area contributed by atoms with Gasteiger partial charge in [0.2, 0.25) is 0 Å². The van der Waals surface area contributed by atoms with Crippen molar-refractivity contribution < 1.29 is 4.74 Å². The number of allylic oxidation sites excluding steroid dienone is 2. The van der Waals surface area contributed by atoms with Crippen molar-refractivity contribution in [2.75, 3.05) is 12.4 Å². The molecule has 2 atom stereocenters. The molecule has 1 aliphatic heterocycles.